The van der Waals surface area contributed by atoms with Crippen LogP contribution in [0.15, 0.2) is 48.7 Å². The predicted molar refractivity (Wildman–Crippen MR) is 107 cm³/mol. The molecule has 8 heteroatoms. The van der Waals surface area contributed by atoms with Crippen LogP contribution in [0.5, 0.6) is 0 Å². The van der Waals surface area contributed by atoms with Crippen molar-refractivity contribution in [1.82, 2.24) is 15.3 Å². The third-order valence-electron chi connectivity index (χ3n) is 4.37. The molecule has 3 aromatic rings. The minimum absolute atomic E-state index is 0.143. The molecule has 4 rings (SSSR count). The van der Waals surface area contributed by atoms with E-state index in [1.165, 1.54) is 6.92 Å². The first-order valence-corrected chi connectivity index (χ1v) is 8.69. The normalized spacial score (nSPS) is 12.2. The summed E-state index contributed by atoms with van der Waals surface area (Å²) in [5, 5.41) is 8.67. The molecule has 0 atom stereocenters. The molecule has 2 heterocycles. The Morgan fingerprint density at radius 2 is 2.00 bits per heavy atom. The summed E-state index contributed by atoms with van der Waals surface area (Å²) < 4.78 is 0. The first-order valence-electron chi connectivity index (χ1n) is 8.69. The number of hydrogen-bond donors (Lipinski definition) is 4. The number of fused-ring (bicyclic) bond motifs is 1. The third kappa shape index (κ3) is 3.35. The molecule has 140 valence electrons. The average molecular weight is 374 g/mol. The van der Waals surface area contributed by atoms with Crippen molar-refractivity contribution < 1.29 is 9.59 Å². The Morgan fingerprint density at radius 1 is 1.18 bits per heavy atom. The van der Waals surface area contributed by atoms with Crippen molar-refractivity contribution in [1.29, 1.82) is 0 Å². The minimum atomic E-state index is -0.170. The number of hydrogen-bond acceptors (Lipinski definition) is 6. The van der Waals surface area contributed by atoms with Gasteiger partial charge in [-0.3, -0.25) is 9.59 Å². The highest BCUT2D eigenvalue weighted by Crippen LogP contribution is 2.32. The van der Waals surface area contributed by atoms with E-state index in [1.807, 2.05) is 18.2 Å². The summed E-state index contributed by atoms with van der Waals surface area (Å²) in [6, 6.07) is 12.6. The molecule has 0 saturated heterocycles. The van der Waals surface area contributed by atoms with Crippen molar-refractivity contribution in [3.8, 4) is 11.3 Å². The maximum absolute atomic E-state index is 12.0. The number of aromatic nitrogens is 2. The summed E-state index contributed by atoms with van der Waals surface area (Å²) in [5.74, 6) is 0.0904. The number of benzene rings is 2. The standard InChI is InChI=1S/C20H18N6O2/c1-11(27)24-12-3-2-4-13(9-12)25-20-22-8-7-17(26-20)14-5-6-16(21)18-15(14)10-23-19(18)28/h2-9H,10,21H2,1H3,(H,23,28)(H,24,27)(H,22,25,26). The minimum Gasteiger partial charge on any atom is -0.398 e. The fourth-order valence-corrected chi connectivity index (χ4v) is 3.19. The van der Waals surface area contributed by atoms with Crippen LogP contribution in [-0.4, -0.2) is 21.8 Å². The van der Waals surface area contributed by atoms with Crippen molar-refractivity contribution in [2.24, 2.45) is 0 Å². The zero-order chi connectivity index (χ0) is 19.7. The summed E-state index contributed by atoms with van der Waals surface area (Å²) in [6.45, 7) is 1.87. The maximum atomic E-state index is 12.0. The molecule has 0 spiro atoms. The van der Waals surface area contributed by atoms with Crippen LogP contribution >= 0.6 is 0 Å². The SMILES string of the molecule is CC(=O)Nc1cccc(Nc2nccc(-c3ccc(N)c4c3CNC4=O)n2)c1. The number of nitrogen functional groups attached to an aromatic ring is 1. The van der Waals surface area contributed by atoms with Gasteiger partial charge in [0, 0.05) is 42.3 Å². The third-order valence-corrected chi connectivity index (χ3v) is 4.37. The monoisotopic (exact) mass is 374 g/mol. The van der Waals surface area contributed by atoms with E-state index in [0.717, 1.165) is 16.8 Å². The number of rotatable bonds is 4. The Balaban J connectivity index is 1.65. The van der Waals surface area contributed by atoms with Gasteiger partial charge in [-0.15, -0.1) is 0 Å². The topological polar surface area (TPSA) is 122 Å². The summed E-state index contributed by atoms with van der Waals surface area (Å²) in [4.78, 5) is 32.1. The Bertz CT molecular complexity index is 1100. The van der Waals surface area contributed by atoms with Crippen molar-refractivity contribution in [3.05, 3.63) is 59.8 Å². The van der Waals surface area contributed by atoms with Crippen molar-refractivity contribution in [2.75, 3.05) is 16.4 Å². The molecule has 1 aliphatic rings. The van der Waals surface area contributed by atoms with Crippen LogP contribution in [0.3, 0.4) is 0 Å². The molecular formula is C20H18N6O2. The van der Waals surface area contributed by atoms with E-state index in [0.29, 0.717) is 35.1 Å². The van der Waals surface area contributed by atoms with Crippen LogP contribution in [0, 0.1) is 0 Å². The molecule has 8 nitrogen and oxygen atoms in total. The van der Waals surface area contributed by atoms with E-state index in [9.17, 15) is 9.59 Å². The van der Waals surface area contributed by atoms with Gasteiger partial charge < -0.3 is 21.7 Å². The maximum Gasteiger partial charge on any atom is 0.254 e. The molecule has 2 aromatic carbocycles. The van der Waals surface area contributed by atoms with Crippen molar-refractivity contribution >= 4 is 34.8 Å². The first kappa shape index (κ1) is 17.5. The predicted octanol–water partition coefficient (Wildman–Crippen LogP) is 2.67. The molecule has 1 aliphatic heterocycles. The number of carbonyl (C=O) groups excluding carboxylic acids is 2. The van der Waals surface area contributed by atoms with Gasteiger partial charge in [0.2, 0.25) is 11.9 Å². The van der Waals surface area contributed by atoms with Gasteiger partial charge in [0.25, 0.3) is 5.91 Å². The number of nitrogens with one attached hydrogen (secondary N) is 3. The van der Waals surface area contributed by atoms with E-state index in [4.69, 9.17) is 5.73 Å². The van der Waals surface area contributed by atoms with E-state index < -0.39 is 0 Å². The Labute approximate surface area is 161 Å². The number of carbonyl (C=O) groups is 2. The molecule has 1 aromatic heterocycles. The van der Waals surface area contributed by atoms with Gasteiger partial charge in [-0.25, -0.2) is 9.97 Å². The second-order valence-corrected chi connectivity index (χ2v) is 6.39. The number of anilines is 4. The van der Waals surface area contributed by atoms with Crippen LogP contribution in [0.25, 0.3) is 11.3 Å². The molecular weight excluding hydrogens is 356 g/mol. The summed E-state index contributed by atoms with van der Waals surface area (Å²) >= 11 is 0. The lowest BCUT2D eigenvalue weighted by Gasteiger charge is -2.11. The molecule has 0 aliphatic carbocycles. The van der Waals surface area contributed by atoms with Gasteiger partial charge in [-0.05, 0) is 35.9 Å². The van der Waals surface area contributed by atoms with Crippen LogP contribution in [0.1, 0.15) is 22.8 Å². The van der Waals surface area contributed by atoms with Crippen LogP contribution in [0.4, 0.5) is 23.0 Å². The molecule has 0 radical (unpaired) electrons. The fourth-order valence-electron chi connectivity index (χ4n) is 3.19. The molecule has 28 heavy (non-hydrogen) atoms. The zero-order valence-electron chi connectivity index (χ0n) is 15.1. The zero-order valence-corrected chi connectivity index (χ0v) is 15.1. The lowest BCUT2D eigenvalue weighted by molar-refractivity contribution is -0.114. The number of nitrogens with zero attached hydrogens (tertiary/aromatic N) is 2. The Hall–Kier alpha value is -3.94. The highest BCUT2D eigenvalue weighted by atomic mass is 16.2. The fraction of sp³-hybridized carbons (Fsp3) is 0.100. The second-order valence-electron chi connectivity index (χ2n) is 6.39. The first-order chi connectivity index (χ1) is 13.5. The van der Waals surface area contributed by atoms with Gasteiger partial charge in [-0.1, -0.05) is 12.1 Å². The lowest BCUT2D eigenvalue weighted by atomic mass is 9.99. The molecule has 0 fully saturated rings. The van der Waals surface area contributed by atoms with E-state index in [2.05, 4.69) is 25.9 Å². The summed E-state index contributed by atoms with van der Waals surface area (Å²) in [6.07, 6.45) is 1.65. The van der Waals surface area contributed by atoms with Crippen LogP contribution in [-0.2, 0) is 11.3 Å². The van der Waals surface area contributed by atoms with Crippen LogP contribution in [0.2, 0.25) is 0 Å². The van der Waals surface area contributed by atoms with Gasteiger partial charge in [0.1, 0.15) is 0 Å². The molecule has 0 unspecified atom stereocenters. The van der Waals surface area contributed by atoms with Gasteiger partial charge in [0.05, 0.1) is 11.3 Å². The molecule has 2 amide bonds. The van der Waals surface area contributed by atoms with E-state index in [1.54, 1.807) is 30.5 Å². The van der Waals surface area contributed by atoms with Crippen molar-refractivity contribution in [3.63, 3.8) is 0 Å². The second kappa shape index (κ2) is 6.99. The Kier molecular flexibility index (Phi) is 4.36. The quantitative estimate of drug-likeness (QED) is 0.521. The smallest absolute Gasteiger partial charge is 0.254 e. The van der Waals surface area contributed by atoms with E-state index >= 15 is 0 Å². The summed E-state index contributed by atoms with van der Waals surface area (Å²) in [7, 11) is 0. The largest absolute Gasteiger partial charge is 0.398 e. The van der Waals surface area contributed by atoms with Crippen LogP contribution < -0.4 is 21.7 Å². The van der Waals surface area contributed by atoms with E-state index in [-0.39, 0.29) is 11.8 Å². The van der Waals surface area contributed by atoms with Gasteiger partial charge in [0.15, 0.2) is 0 Å². The van der Waals surface area contributed by atoms with Gasteiger partial charge >= 0.3 is 0 Å². The number of nitrogens with two attached hydrogens (primary N) is 1. The molecule has 0 bridgehead atoms. The highest BCUT2D eigenvalue weighted by Gasteiger charge is 2.25. The Morgan fingerprint density at radius 3 is 2.82 bits per heavy atom. The summed E-state index contributed by atoms with van der Waals surface area (Å²) in [5.41, 5.74) is 10.7. The number of amides is 2. The van der Waals surface area contributed by atoms with Crippen molar-refractivity contribution in [2.45, 2.75) is 13.5 Å². The van der Waals surface area contributed by atoms with Gasteiger partial charge in [-0.2, -0.15) is 0 Å². The molecule has 5 N–H and O–H groups in total. The lowest BCUT2D eigenvalue weighted by Crippen LogP contribution is -2.13. The highest BCUT2D eigenvalue weighted by molar-refractivity contribution is 6.05. The average Bonchev–Trinajstić information content (AvgIpc) is 3.05. The molecule has 0 saturated carbocycles.